The van der Waals surface area contributed by atoms with Gasteiger partial charge in [0, 0.05) is 10.9 Å². The average molecular weight is 316 g/mol. The summed E-state index contributed by atoms with van der Waals surface area (Å²) in [5.74, 6) is 2.37. The molecule has 1 nitrogen and oxygen atoms in total. The van der Waals surface area contributed by atoms with Gasteiger partial charge >= 0.3 is 0 Å². The summed E-state index contributed by atoms with van der Waals surface area (Å²) < 4.78 is 1.23. The zero-order valence-corrected chi connectivity index (χ0v) is 13.1. The van der Waals surface area contributed by atoms with Gasteiger partial charge in [0.05, 0.1) is 3.79 Å². The molecule has 0 aliphatic heterocycles. The largest absolute Gasteiger partial charge is 0.327 e. The van der Waals surface area contributed by atoms with E-state index in [0.29, 0.717) is 12.0 Å². The number of halogens is 1. The molecule has 3 atom stereocenters. The zero-order valence-electron chi connectivity index (χ0n) is 10.7. The molecule has 1 fully saturated rings. The minimum atomic E-state index is 0.408. The van der Waals surface area contributed by atoms with Crippen molar-refractivity contribution in [1.82, 2.24) is 0 Å². The van der Waals surface area contributed by atoms with E-state index in [2.05, 4.69) is 41.9 Å². The van der Waals surface area contributed by atoms with Crippen LogP contribution in [0, 0.1) is 17.8 Å². The molecule has 1 saturated carbocycles. The molecule has 0 radical (unpaired) electrons. The summed E-state index contributed by atoms with van der Waals surface area (Å²) in [5, 5.41) is 0. The summed E-state index contributed by atoms with van der Waals surface area (Å²) in [4.78, 5) is 1.47. The standard InChI is InChI=1S/C14H22BrNS/c1-9(2)10-3-5-13(16)11(7-10)8-12-4-6-14(15)17-12/h4,6,9-11,13H,3,5,7-8,16H2,1-2H3. The first-order valence-corrected chi connectivity index (χ1v) is 8.17. The molecule has 0 amide bonds. The van der Waals surface area contributed by atoms with Crippen LogP contribution < -0.4 is 5.73 Å². The fraction of sp³-hybridized carbons (Fsp3) is 0.714. The van der Waals surface area contributed by atoms with Gasteiger partial charge < -0.3 is 5.73 Å². The summed E-state index contributed by atoms with van der Waals surface area (Å²) >= 11 is 5.39. The van der Waals surface area contributed by atoms with Crippen LogP contribution in [0.3, 0.4) is 0 Å². The number of rotatable bonds is 3. The van der Waals surface area contributed by atoms with Crippen molar-refractivity contribution in [2.45, 2.75) is 45.6 Å². The first kappa shape index (κ1) is 13.6. The van der Waals surface area contributed by atoms with Crippen molar-refractivity contribution in [3.05, 3.63) is 20.8 Å². The number of nitrogens with two attached hydrogens (primary N) is 1. The molecule has 3 unspecified atom stereocenters. The zero-order chi connectivity index (χ0) is 12.4. The van der Waals surface area contributed by atoms with E-state index in [1.165, 1.54) is 34.3 Å². The maximum absolute atomic E-state index is 6.29. The van der Waals surface area contributed by atoms with Crippen molar-refractivity contribution in [3.63, 3.8) is 0 Å². The van der Waals surface area contributed by atoms with Crippen molar-refractivity contribution in [3.8, 4) is 0 Å². The molecule has 3 heteroatoms. The van der Waals surface area contributed by atoms with Gasteiger partial charge in [0.25, 0.3) is 0 Å². The molecule has 2 N–H and O–H groups in total. The Kier molecular flexibility index (Phi) is 4.67. The van der Waals surface area contributed by atoms with E-state index in [4.69, 9.17) is 5.73 Å². The number of hydrogen-bond acceptors (Lipinski definition) is 2. The Balaban J connectivity index is 1.98. The minimum Gasteiger partial charge on any atom is -0.327 e. The first-order valence-electron chi connectivity index (χ1n) is 6.56. The Hall–Kier alpha value is 0.140. The topological polar surface area (TPSA) is 26.0 Å². The van der Waals surface area contributed by atoms with Crippen LogP contribution in [0.1, 0.15) is 38.0 Å². The van der Waals surface area contributed by atoms with Gasteiger partial charge in [0.2, 0.25) is 0 Å². The lowest BCUT2D eigenvalue weighted by Gasteiger charge is -2.36. The molecule has 0 aromatic carbocycles. The fourth-order valence-electron chi connectivity index (χ4n) is 2.88. The highest BCUT2D eigenvalue weighted by molar-refractivity contribution is 9.11. The van der Waals surface area contributed by atoms with Gasteiger partial charge in [-0.05, 0) is 71.5 Å². The van der Waals surface area contributed by atoms with Gasteiger partial charge in [0.15, 0.2) is 0 Å². The molecule has 96 valence electrons. The molecule has 0 spiro atoms. The summed E-state index contributed by atoms with van der Waals surface area (Å²) in [7, 11) is 0. The van der Waals surface area contributed by atoms with E-state index in [1.54, 1.807) is 0 Å². The van der Waals surface area contributed by atoms with Crippen molar-refractivity contribution in [1.29, 1.82) is 0 Å². The third kappa shape index (κ3) is 3.55. The second-order valence-electron chi connectivity index (χ2n) is 5.65. The fourth-order valence-corrected chi connectivity index (χ4v) is 4.46. The predicted octanol–water partition coefficient (Wildman–Crippen LogP) is 4.45. The van der Waals surface area contributed by atoms with Crippen LogP contribution in [-0.4, -0.2) is 6.04 Å². The van der Waals surface area contributed by atoms with Crippen LogP contribution in [-0.2, 0) is 6.42 Å². The number of hydrogen-bond donors (Lipinski definition) is 1. The molecule has 17 heavy (non-hydrogen) atoms. The van der Waals surface area contributed by atoms with Gasteiger partial charge in [-0.2, -0.15) is 0 Å². The SMILES string of the molecule is CC(C)C1CCC(N)C(Cc2ccc(Br)s2)C1. The van der Waals surface area contributed by atoms with Crippen molar-refractivity contribution < 1.29 is 0 Å². The molecule has 0 bridgehead atoms. The van der Waals surface area contributed by atoms with Crippen LogP contribution in [0.25, 0.3) is 0 Å². The monoisotopic (exact) mass is 315 g/mol. The van der Waals surface area contributed by atoms with E-state index in [9.17, 15) is 0 Å². The van der Waals surface area contributed by atoms with Gasteiger partial charge in [0.1, 0.15) is 0 Å². The Morgan fingerprint density at radius 1 is 1.41 bits per heavy atom. The Bertz CT molecular complexity index is 361. The van der Waals surface area contributed by atoms with E-state index >= 15 is 0 Å². The Morgan fingerprint density at radius 2 is 2.18 bits per heavy atom. The lowest BCUT2D eigenvalue weighted by Crippen LogP contribution is -2.38. The summed E-state index contributed by atoms with van der Waals surface area (Å²) in [6.45, 7) is 4.70. The second-order valence-corrected chi connectivity index (χ2v) is 8.20. The summed E-state index contributed by atoms with van der Waals surface area (Å²) in [6.07, 6.45) is 5.01. The lowest BCUT2D eigenvalue weighted by molar-refractivity contribution is 0.190. The van der Waals surface area contributed by atoms with Gasteiger partial charge in [-0.15, -0.1) is 11.3 Å². The molecular formula is C14H22BrNS. The van der Waals surface area contributed by atoms with Gasteiger partial charge in [-0.1, -0.05) is 13.8 Å². The molecule has 1 aliphatic rings. The third-order valence-corrected chi connectivity index (χ3v) is 5.76. The van der Waals surface area contributed by atoms with Crippen molar-refractivity contribution in [2.75, 3.05) is 0 Å². The van der Waals surface area contributed by atoms with Crippen LogP contribution >= 0.6 is 27.3 Å². The maximum Gasteiger partial charge on any atom is 0.0701 e. The molecular weight excluding hydrogens is 294 g/mol. The molecule has 1 heterocycles. The Labute approximate surface area is 117 Å². The third-order valence-electron chi connectivity index (χ3n) is 4.12. The van der Waals surface area contributed by atoms with Gasteiger partial charge in [-0.3, -0.25) is 0 Å². The van der Waals surface area contributed by atoms with E-state index in [1.807, 2.05) is 11.3 Å². The molecule has 1 aliphatic carbocycles. The first-order chi connectivity index (χ1) is 8.06. The maximum atomic E-state index is 6.29. The highest BCUT2D eigenvalue weighted by Gasteiger charge is 2.29. The average Bonchev–Trinajstić information content (AvgIpc) is 2.67. The van der Waals surface area contributed by atoms with E-state index in [-0.39, 0.29) is 0 Å². The molecule has 0 saturated heterocycles. The molecule has 2 rings (SSSR count). The number of thiophene rings is 1. The minimum absolute atomic E-state index is 0.408. The predicted molar refractivity (Wildman–Crippen MR) is 79.4 cm³/mol. The second kappa shape index (κ2) is 5.85. The van der Waals surface area contributed by atoms with Gasteiger partial charge in [-0.25, -0.2) is 0 Å². The van der Waals surface area contributed by atoms with Crippen LogP contribution in [0.2, 0.25) is 0 Å². The van der Waals surface area contributed by atoms with Crippen LogP contribution in [0.15, 0.2) is 15.9 Å². The van der Waals surface area contributed by atoms with E-state index in [0.717, 1.165) is 11.8 Å². The quantitative estimate of drug-likeness (QED) is 0.876. The van der Waals surface area contributed by atoms with Crippen molar-refractivity contribution in [2.24, 2.45) is 23.5 Å². The van der Waals surface area contributed by atoms with Crippen LogP contribution in [0.4, 0.5) is 0 Å². The lowest BCUT2D eigenvalue weighted by atomic mass is 9.72. The summed E-state index contributed by atoms with van der Waals surface area (Å²) in [6, 6.07) is 4.79. The highest BCUT2D eigenvalue weighted by atomic mass is 79.9. The molecule has 1 aromatic rings. The Morgan fingerprint density at radius 3 is 2.76 bits per heavy atom. The van der Waals surface area contributed by atoms with Crippen molar-refractivity contribution >= 4 is 27.3 Å². The smallest absolute Gasteiger partial charge is 0.0701 e. The van der Waals surface area contributed by atoms with Crippen LogP contribution in [0.5, 0.6) is 0 Å². The summed E-state index contributed by atoms with van der Waals surface area (Å²) in [5.41, 5.74) is 6.29. The highest BCUT2D eigenvalue weighted by Crippen LogP contribution is 2.36. The normalized spacial score (nSPS) is 29.8. The molecule has 1 aromatic heterocycles. The van der Waals surface area contributed by atoms with E-state index < -0.39 is 0 Å².